The Morgan fingerprint density at radius 3 is 2.83 bits per heavy atom. The van der Waals surface area contributed by atoms with E-state index in [-0.39, 0.29) is 5.82 Å². The second-order valence-corrected chi connectivity index (χ2v) is 5.38. The molecule has 100 valence electrons. The fraction of sp³-hybridized carbons (Fsp3) is 0.600. The zero-order valence-electron chi connectivity index (χ0n) is 11.2. The van der Waals surface area contributed by atoms with Crippen molar-refractivity contribution in [2.75, 3.05) is 18.0 Å². The van der Waals surface area contributed by atoms with Gasteiger partial charge in [-0.05, 0) is 38.2 Å². The molecule has 0 bridgehead atoms. The number of anilines is 1. The van der Waals surface area contributed by atoms with Gasteiger partial charge < -0.3 is 10.0 Å². The quantitative estimate of drug-likeness (QED) is 0.869. The highest BCUT2D eigenvalue weighted by atomic mass is 19.1. The molecule has 1 aliphatic heterocycles. The van der Waals surface area contributed by atoms with Crippen LogP contribution in [0.5, 0.6) is 0 Å². The highest BCUT2D eigenvalue weighted by molar-refractivity contribution is 5.55. The second kappa shape index (κ2) is 5.70. The molecule has 1 aliphatic rings. The van der Waals surface area contributed by atoms with Gasteiger partial charge in [0.25, 0.3) is 0 Å². The Bertz CT molecular complexity index is 405. The third kappa shape index (κ3) is 2.83. The molecule has 18 heavy (non-hydrogen) atoms. The van der Waals surface area contributed by atoms with E-state index < -0.39 is 6.10 Å². The van der Waals surface area contributed by atoms with Crippen LogP contribution in [-0.2, 0) is 0 Å². The summed E-state index contributed by atoms with van der Waals surface area (Å²) in [5.74, 6) is 0.486. The summed E-state index contributed by atoms with van der Waals surface area (Å²) in [5.41, 5.74) is 1.30. The lowest BCUT2D eigenvalue weighted by atomic mass is 10.0. The van der Waals surface area contributed by atoms with Gasteiger partial charge in [-0.1, -0.05) is 19.1 Å². The smallest absolute Gasteiger partial charge is 0.146 e. The second-order valence-electron chi connectivity index (χ2n) is 5.38. The van der Waals surface area contributed by atoms with Gasteiger partial charge in [0.2, 0.25) is 0 Å². The fourth-order valence-corrected chi connectivity index (χ4v) is 2.69. The third-order valence-electron chi connectivity index (χ3n) is 3.80. The lowest BCUT2D eigenvalue weighted by Crippen LogP contribution is -2.26. The van der Waals surface area contributed by atoms with Crippen LogP contribution in [0.25, 0.3) is 0 Å². The van der Waals surface area contributed by atoms with Crippen LogP contribution in [0.1, 0.15) is 44.8 Å². The number of rotatable bonds is 2. The average molecular weight is 251 g/mol. The number of benzene rings is 1. The summed E-state index contributed by atoms with van der Waals surface area (Å²) in [5, 5.41) is 9.79. The van der Waals surface area contributed by atoms with E-state index in [0.29, 0.717) is 17.2 Å². The molecule has 1 N–H and O–H groups in total. The average Bonchev–Trinajstić information content (AvgIpc) is 2.53. The normalized spacial score (nSPS) is 22.7. The number of para-hydroxylation sites is 1. The Hall–Kier alpha value is -1.09. The zero-order chi connectivity index (χ0) is 13.1. The van der Waals surface area contributed by atoms with E-state index in [2.05, 4.69) is 11.8 Å². The molecule has 1 heterocycles. The standard InChI is InChI=1S/C15H22FNO/c1-11-5-4-9-17(10-8-11)15-13(12(2)18)6-3-7-14(15)16/h3,6-7,11-12,18H,4-5,8-10H2,1-2H3/t11?,12-/m1/s1. The summed E-state index contributed by atoms with van der Waals surface area (Å²) in [6.45, 7) is 5.70. The molecule has 2 nitrogen and oxygen atoms in total. The minimum Gasteiger partial charge on any atom is -0.389 e. The Balaban J connectivity index is 2.31. The molecule has 1 saturated heterocycles. The van der Waals surface area contributed by atoms with Gasteiger partial charge in [0.1, 0.15) is 5.82 Å². The lowest BCUT2D eigenvalue weighted by Gasteiger charge is -2.27. The van der Waals surface area contributed by atoms with Crippen molar-refractivity contribution >= 4 is 5.69 Å². The monoisotopic (exact) mass is 251 g/mol. The van der Waals surface area contributed by atoms with Crippen LogP contribution in [0, 0.1) is 11.7 Å². The van der Waals surface area contributed by atoms with Gasteiger partial charge in [0, 0.05) is 18.7 Å². The molecule has 3 heteroatoms. The minimum absolute atomic E-state index is 0.219. The fourth-order valence-electron chi connectivity index (χ4n) is 2.69. The highest BCUT2D eigenvalue weighted by Gasteiger charge is 2.21. The van der Waals surface area contributed by atoms with Crippen LogP contribution in [-0.4, -0.2) is 18.2 Å². The molecule has 1 unspecified atom stereocenters. The van der Waals surface area contributed by atoms with Crippen molar-refractivity contribution in [3.8, 4) is 0 Å². The molecular weight excluding hydrogens is 229 g/mol. The molecule has 2 atom stereocenters. The summed E-state index contributed by atoms with van der Waals surface area (Å²) in [4.78, 5) is 2.10. The Morgan fingerprint density at radius 2 is 2.11 bits per heavy atom. The lowest BCUT2D eigenvalue weighted by molar-refractivity contribution is 0.199. The van der Waals surface area contributed by atoms with Crippen molar-refractivity contribution in [2.24, 2.45) is 5.92 Å². The van der Waals surface area contributed by atoms with Crippen LogP contribution in [0.4, 0.5) is 10.1 Å². The van der Waals surface area contributed by atoms with Crippen molar-refractivity contribution in [1.29, 1.82) is 0 Å². The summed E-state index contributed by atoms with van der Waals surface area (Å²) < 4.78 is 14.1. The number of hydrogen-bond donors (Lipinski definition) is 1. The van der Waals surface area contributed by atoms with E-state index in [1.807, 2.05) is 6.07 Å². The van der Waals surface area contributed by atoms with Crippen molar-refractivity contribution in [3.63, 3.8) is 0 Å². The summed E-state index contributed by atoms with van der Waals surface area (Å²) in [6, 6.07) is 4.97. The maximum Gasteiger partial charge on any atom is 0.146 e. The first-order chi connectivity index (χ1) is 8.59. The molecule has 1 aromatic carbocycles. The van der Waals surface area contributed by atoms with Crippen molar-refractivity contribution in [3.05, 3.63) is 29.6 Å². The molecule has 0 radical (unpaired) electrons. The molecule has 0 spiro atoms. The predicted molar refractivity (Wildman–Crippen MR) is 72.3 cm³/mol. The van der Waals surface area contributed by atoms with Gasteiger partial charge in [-0.3, -0.25) is 0 Å². The zero-order valence-corrected chi connectivity index (χ0v) is 11.2. The first kappa shape index (κ1) is 13.3. The van der Waals surface area contributed by atoms with Crippen molar-refractivity contribution in [2.45, 2.75) is 39.2 Å². The third-order valence-corrected chi connectivity index (χ3v) is 3.80. The molecule has 2 rings (SSSR count). The summed E-state index contributed by atoms with van der Waals surface area (Å²) >= 11 is 0. The van der Waals surface area contributed by atoms with E-state index in [4.69, 9.17) is 0 Å². The molecular formula is C15H22FNO. The molecule has 0 amide bonds. The SMILES string of the molecule is CC1CCCN(c2c(F)cccc2[C@@H](C)O)CC1. The predicted octanol–water partition coefficient (Wildman–Crippen LogP) is 3.51. The van der Waals surface area contributed by atoms with Crippen LogP contribution >= 0.6 is 0 Å². The summed E-state index contributed by atoms with van der Waals surface area (Å²) in [7, 11) is 0. The van der Waals surface area contributed by atoms with Crippen LogP contribution < -0.4 is 4.90 Å². The first-order valence-electron chi connectivity index (χ1n) is 6.81. The molecule has 1 fully saturated rings. The Morgan fingerprint density at radius 1 is 1.33 bits per heavy atom. The van der Waals surface area contributed by atoms with Gasteiger partial charge in [-0.25, -0.2) is 4.39 Å². The van der Waals surface area contributed by atoms with Gasteiger partial charge in [0.05, 0.1) is 11.8 Å². The van der Waals surface area contributed by atoms with Gasteiger partial charge >= 0.3 is 0 Å². The van der Waals surface area contributed by atoms with Crippen LogP contribution in [0.2, 0.25) is 0 Å². The van der Waals surface area contributed by atoms with E-state index in [1.165, 1.54) is 12.5 Å². The van der Waals surface area contributed by atoms with Crippen molar-refractivity contribution in [1.82, 2.24) is 0 Å². The Labute approximate surface area is 108 Å². The molecule has 0 aliphatic carbocycles. The van der Waals surface area contributed by atoms with Gasteiger partial charge in [-0.15, -0.1) is 0 Å². The number of nitrogens with zero attached hydrogens (tertiary/aromatic N) is 1. The van der Waals surface area contributed by atoms with E-state index in [0.717, 1.165) is 25.9 Å². The number of hydrogen-bond acceptors (Lipinski definition) is 2. The van der Waals surface area contributed by atoms with E-state index >= 15 is 0 Å². The topological polar surface area (TPSA) is 23.5 Å². The largest absolute Gasteiger partial charge is 0.389 e. The number of halogens is 1. The first-order valence-corrected chi connectivity index (χ1v) is 6.81. The minimum atomic E-state index is -0.628. The maximum absolute atomic E-state index is 14.1. The highest BCUT2D eigenvalue weighted by Crippen LogP contribution is 2.31. The van der Waals surface area contributed by atoms with Gasteiger partial charge in [0.15, 0.2) is 0 Å². The summed E-state index contributed by atoms with van der Waals surface area (Å²) in [6.07, 6.45) is 2.76. The van der Waals surface area contributed by atoms with Crippen LogP contribution in [0.3, 0.4) is 0 Å². The number of aliphatic hydroxyl groups is 1. The van der Waals surface area contributed by atoms with Crippen LogP contribution in [0.15, 0.2) is 18.2 Å². The molecule has 0 aromatic heterocycles. The number of aliphatic hydroxyl groups excluding tert-OH is 1. The molecule has 0 saturated carbocycles. The Kier molecular flexibility index (Phi) is 4.23. The molecule has 1 aromatic rings. The maximum atomic E-state index is 14.1. The van der Waals surface area contributed by atoms with Crippen molar-refractivity contribution < 1.29 is 9.50 Å². The van der Waals surface area contributed by atoms with Gasteiger partial charge in [-0.2, -0.15) is 0 Å². The van der Waals surface area contributed by atoms with E-state index in [1.54, 1.807) is 13.0 Å². The van der Waals surface area contributed by atoms with E-state index in [9.17, 15) is 9.50 Å².